The van der Waals surface area contributed by atoms with Crippen molar-refractivity contribution in [1.29, 1.82) is 0 Å². The van der Waals surface area contributed by atoms with Crippen molar-refractivity contribution in [2.75, 3.05) is 7.05 Å². The lowest BCUT2D eigenvalue weighted by Gasteiger charge is -1.90. The van der Waals surface area contributed by atoms with Crippen molar-refractivity contribution < 1.29 is 0 Å². The second-order valence-electron chi connectivity index (χ2n) is 2.01. The molecule has 0 atom stereocenters. The van der Waals surface area contributed by atoms with Gasteiger partial charge in [0.15, 0.2) is 0 Å². The summed E-state index contributed by atoms with van der Waals surface area (Å²) in [4.78, 5) is 0. The van der Waals surface area contributed by atoms with E-state index in [2.05, 4.69) is 10.4 Å². The van der Waals surface area contributed by atoms with Crippen LogP contribution in [0, 0.1) is 0 Å². The first-order chi connectivity index (χ1) is 4.33. The number of nitrogens with one attached hydrogen (secondary N) is 1. The van der Waals surface area contributed by atoms with E-state index >= 15 is 0 Å². The fourth-order valence-corrected chi connectivity index (χ4v) is 0.739. The lowest BCUT2D eigenvalue weighted by atomic mass is 10.4. The monoisotopic (exact) mass is 125 g/mol. The van der Waals surface area contributed by atoms with Crippen LogP contribution in [0.5, 0.6) is 0 Å². The summed E-state index contributed by atoms with van der Waals surface area (Å²) in [5.41, 5.74) is 1.08. The summed E-state index contributed by atoms with van der Waals surface area (Å²) in [6.07, 6.45) is 1.94. The molecule has 1 heterocycles. The van der Waals surface area contributed by atoms with E-state index in [1.54, 1.807) is 4.68 Å². The maximum Gasteiger partial charge on any atom is 0.0762 e. The summed E-state index contributed by atoms with van der Waals surface area (Å²) in [7, 11) is 3.83. The standard InChI is InChI=1S/C6H11N3/c1-7-5-6-3-4-9(2)8-6/h3-4,7H,5H2,1-2H3. The molecule has 1 N–H and O–H groups in total. The van der Waals surface area contributed by atoms with Crippen LogP contribution in [-0.2, 0) is 13.6 Å². The van der Waals surface area contributed by atoms with Crippen molar-refractivity contribution in [3.63, 3.8) is 0 Å². The maximum atomic E-state index is 4.15. The Balaban J connectivity index is 2.61. The third-order valence-electron chi connectivity index (χ3n) is 1.13. The molecule has 0 unspecified atom stereocenters. The van der Waals surface area contributed by atoms with Crippen LogP contribution >= 0.6 is 0 Å². The molecule has 1 rings (SSSR count). The van der Waals surface area contributed by atoms with E-state index in [9.17, 15) is 0 Å². The third-order valence-corrected chi connectivity index (χ3v) is 1.13. The van der Waals surface area contributed by atoms with Gasteiger partial charge in [0.1, 0.15) is 0 Å². The van der Waals surface area contributed by atoms with Crippen molar-refractivity contribution in [3.8, 4) is 0 Å². The molecule has 0 spiro atoms. The second kappa shape index (κ2) is 2.64. The molecule has 0 aliphatic carbocycles. The predicted molar refractivity (Wildman–Crippen MR) is 36.0 cm³/mol. The van der Waals surface area contributed by atoms with Crippen molar-refractivity contribution >= 4 is 0 Å². The molecule has 0 bridgehead atoms. The fourth-order valence-electron chi connectivity index (χ4n) is 0.739. The van der Waals surface area contributed by atoms with Gasteiger partial charge in [0.05, 0.1) is 5.69 Å². The Bertz CT molecular complexity index is 180. The highest BCUT2D eigenvalue weighted by Crippen LogP contribution is 1.90. The average Bonchev–Trinajstić information content (AvgIpc) is 2.17. The summed E-state index contributed by atoms with van der Waals surface area (Å²) in [6.45, 7) is 0.848. The Morgan fingerprint density at radius 1 is 1.78 bits per heavy atom. The van der Waals surface area contributed by atoms with Gasteiger partial charge in [-0.3, -0.25) is 4.68 Å². The lowest BCUT2D eigenvalue weighted by molar-refractivity contribution is 0.712. The van der Waals surface area contributed by atoms with E-state index in [0.29, 0.717) is 0 Å². The zero-order valence-corrected chi connectivity index (χ0v) is 5.76. The van der Waals surface area contributed by atoms with Crippen LogP contribution in [0.25, 0.3) is 0 Å². The molecule has 0 saturated heterocycles. The van der Waals surface area contributed by atoms with Gasteiger partial charge in [0, 0.05) is 19.8 Å². The van der Waals surface area contributed by atoms with Gasteiger partial charge in [-0.1, -0.05) is 0 Å². The second-order valence-corrected chi connectivity index (χ2v) is 2.01. The largest absolute Gasteiger partial charge is 0.314 e. The van der Waals surface area contributed by atoms with Gasteiger partial charge in [0.2, 0.25) is 0 Å². The molecule has 0 aromatic carbocycles. The van der Waals surface area contributed by atoms with Gasteiger partial charge in [0.25, 0.3) is 0 Å². The average molecular weight is 125 g/mol. The van der Waals surface area contributed by atoms with E-state index in [4.69, 9.17) is 0 Å². The fraction of sp³-hybridized carbons (Fsp3) is 0.500. The van der Waals surface area contributed by atoms with Crippen LogP contribution in [-0.4, -0.2) is 16.8 Å². The Labute approximate surface area is 54.7 Å². The van der Waals surface area contributed by atoms with Crippen molar-refractivity contribution in [3.05, 3.63) is 18.0 Å². The van der Waals surface area contributed by atoms with Crippen LogP contribution in [0.3, 0.4) is 0 Å². The van der Waals surface area contributed by atoms with E-state index in [-0.39, 0.29) is 0 Å². The number of hydrogen-bond donors (Lipinski definition) is 1. The molecule has 0 amide bonds. The third kappa shape index (κ3) is 1.54. The minimum atomic E-state index is 0.848. The molecule has 3 heteroatoms. The zero-order valence-electron chi connectivity index (χ0n) is 5.76. The van der Waals surface area contributed by atoms with Crippen LogP contribution in [0.4, 0.5) is 0 Å². The van der Waals surface area contributed by atoms with Crippen LogP contribution in [0.1, 0.15) is 5.69 Å². The molecule has 50 valence electrons. The molecule has 1 aromatic rings. The highest BCUT2D eigenvalue weighted by atomic mass is 15.2. The van der Waals surface area contributed by atoms with Crippen LogP contribution in [0.2, 0.25) is 0 Å². The topological polar surface area (TPSA) is 29.9 Å². The maximum absolute atomic E-state index is 4.15. The Hall–Kier alpha value is -0.830. The Morgan fingerprint density at radius 2 is 2.56 bits per heavy atom. The van der Waals surface area contributed by atoms with E-state index < -0.39 is 0 Å². The van der Waals surface area contributed by atoms with E-state index in [0.717, 1.165) is 12.2 Å². The molecule has 0 aliphatic rings. The van der Waals surface area contributed by atoms with Crippen LogP contribution < -0.4 is 5.32 Å². The molecule has 0 radical (unpaired) electrons. The Morgan fingerprint density at radius 3 is 3.00 bits per heavy atom. The summed E-state index contributed by atoms with van der Waals surface area (Å²) < 4.78 is 1.80. The minimum Gasteiger partial charge on any atom is -0.314 e. The Kier molecular flexibility index (Phi) is 1.85. The molecule has 1 aromatic heterocycles. The number of aryl methyl sites for hydroxylation is 1. The summed E-state index contributed by atoms with van der Waals surface area (Å²) in [6, 6.07) is 2.00. The first-order valence-electron chi connectivity index (χ1n) is 2.96. The highest BCUT2D eigenvalue weighted by Gasteiger charge is 1.91. The lowest BCUT2D eigenvalue weighted by Crippen LogP contribution is -2.05. The molecule has 0 fully saturated rings. The number of aromatic nitrogens is 2. The molecule has 0 aliphatic heterocycles. The SMILES string of the molecule is CNCc1ccn(C)n1. The first kappa shape index (κ1) is 6.29. The van der Waals surface area contributed by atoms with Crippen molar-refractivity contribution in [2.45, 2.75) is 6.54 Å². The minimum absolute atomic E-state index is 0.848. The summed E-state index contributed by atoms with van der Waals surface area (Å²) in [5.74, 6) is 0. The van der Waals surface area contributed by atoms with Gasteiger partial charge < -0.3 is 5.32 Å². The molecule has 9 heavy (non-hydrogen) atoms. The first-order valence-corrected chi connectivity index (χ1v) is 2.96. The van der Waals surface area contributed by atoms with Gasteiger partial charge in [-0.15, -0.1) is 0 Å². The number of hydrogen-bond acceptors (Lipinski definition) is 2. The van der Waals surface area contributed by atoms with Gasteiger partial charge >= 0.3 is 0 Å². The molecular weight excluding hydrogens is 114 g/mol. The number of rotatable bonds is 2. The normalized spacial score (nSPS) is 10.0. The molecule has 3 nitrogen and oxygen atoms in total. The van der Waals surface area contributed by atoms with Crippen molar-refractivity contribution in [2.24, 2.45) is 7.05 Å². The summed E-state index contributed by atoms with van der Waals surface area (Å²) >= 11 is 0. The van der Waals surface area contributed by atoms with Gasteiger partial charge in [-0.05, 0) is 13.1 Å². The zero-order chi connectivity index (χ0) is 6.69. The summed E-state index contributed by atoms with van der Waals surface area (Å²) in [5, 5.41) is 7.18. The highest BCUT2D eigenvalue weighted by molar-refractivity contribution is 4.97. The molecular formula is C6H11N3. The van der Waals surface area contributed by atoms with Gasteiger partial charge in [-0.2, -0.15) is 5.10 Å². The smallest absolute Gasteiger partial charge is 0.0762 e. The van der Waals surface area contributed by atoms with E-state index in [1.807, 2.05) is 26.4 Å². The van der Waals surface area contributed by atoms with Gasteiger partial charge in [-0.25, -0.2) is 0 Å². The molecule has 0 saturated carbocycles. The van der Waals surface area contributed by atoms with Crippen molar-refractivity contribution in [1.82, 2.24) is 15.1 Å². The predicted octanol–water partition coefficient (Wildman–Crippen LogP) is 0.139. The number of nitrogens with zero attached hydrogens (tertiary/aromatic N) is 2. The van der Waals surface area contributed by atoms with Crippen LogP contribution in [0.15, 0.2) is 12.3 Å². The van der Waals surface area contributed by atoms with E-state index in [1.165, 1.54) is 0 Å². The quantitative estimate of drug-likeness (QED) is 0.609.